The van der Waals surface area contributed by atoms with Crippen molar-refractivity contribution < 1.29 is 41.5 Å². The highest BCUT2D eigenvalue weighted by molar-refractivity contribution is 7.87. The molecule has 3 aromatic rings. The van der Waals surface area contributed by atoms with Crippen LogP contribution in [0.3, 0.4) is 0 Å². The van der Waals surface area contributed by atoms with E-state index in [2.05, 4.69) is 5.10 Å². The topological polar surface area (TPSA) is 160 Å². The molecule has 2 aliphatic heterocycles. The molecule has 16 heteroatoms. The first kappa shape index (κ1) is 32.3. The molecule has 0 saturated carbocycles. The number of benzene rings is 2. The van der Waals surface area contributed by atoms with Crippen molar-refractivity contribution in [2.45, 2.75) is 38.0 Å². The zero-order valence-corrected chi connectivity index (χ0v) is 26.5. The minimum absolute atomic E-state index is 0.00408. The molecule has 0 unspecified atom stereocenters. The number of rotatable bonds is 9. The number of carbonyl (C=O) groups is 4. The van der Waals surface area contributed by atoms with Crippen LogP contribution in [0, 0.1) is 5.82 Å². The maximum atomic E-state index is 13.9. The van der Waals surface area contributed by atoms with E-state index in [-0.39, 0.29) is 45.8 Å². The van der Waals surface area contributed by atoms with Gasteiger partial charge >= 0.3 is 16.3 Å². The van der Waals surface area contributed by atoms with E-state index in [9.17, 15) is 32.0 Å². The molecule has 2 fully saturated rings. The number of hydrogen-bond acceptors (Lipinski definition) is 9. The Morgan fingerprint density at radius 3 is 2.64 bits per heavy atom. The molecule has 2 aromatic carbocycles. The van der Waals surface area contributed by atoms with Crippen molar-refractivity contribution in [2.75, 3.05) is 33.0 Å². The van der Waals surface area contributed by atoms with Gasteiger partial charge in [-0.05, 0) is 42.2 Å². The molecule has 14 nitrogen and oxygen atoms in total. The first-order chi connectivity index (χ1) is 22.4. The molecule has 1 spiro atoms. The summed E-state index contributed by atoms with van der Waals surface area (Å²) >= 11 is 0. The van der Waals surface area contributed by atoms with Gasteiger partial charge in [-0.1, -0.05) is 30.3 Å². The fourth-order valence-corrected chi connectivity index (χ4v) is 7.40. The number of nitrogens with one attached hydrogen (secondary N) is 1. The highest BCUT2D eigenvalue weighted by atomic mass is 32.2. The molecule has 6 rings (SSSR count). The van der Waals surface area contributed by atoms with Crippen molar-refractivity contribution in [1.82, 2.24) is 28.6 Å². The van der Waals surface area contributed by atoms with Crippen LogP contribution < -0.4 is 4.72 Å². The SMILES string of the molecule is CCOC(=O)NS(=O)(=O)N1CC[C@@H](N(Cc2ccc(F)cc2)C(=O)CN2CO[C@]3(C(=O)Cc4cc(-c5cnn(C)c5)ccc43)C2=O)C1. The number of ketones is 1. The highest BCUT2D eigenvalue weighted by Gasteiger charge is 2.59. The number of aromatic nitrogens is 2. The quantitative estimate of drug-likeness (QED) is 0.333. The number of amides is 3. The van der Waals surface area contributed by atoms with Crippen LogP contribution >= 0.6 is 0 Å². The van der Waals surface area contributed by atoms with Gasteiger partial charge in [-0.15, -0.1) is 0 Å². The lowest BCUT2D eigenvalue weighted by Crippen LogP contribution is -2.49. The van der Waals surface area contributed by atoms with Gasteiger partial charge in [0.2, 0.25) is 11.5 Å². The first-order valence-electron chi connectivity index (χ1n) is 15.0. The van der Waals surface area contributed by atoms with Crippen molar-refractivity contribution in [1.29, 1.82) is 0 Å². The average Bonchev–Trinajstić information content (AvgIpc) is 3.81. The van der Waals surface area contributed by atoms with Crippen LogP contribution in [-0.4, -0.2) is 95.0 Å². The fourth-order valence-electron chi connectivity index (χ4n) is 6.28. The Hall–Kier alpha value is -4.67. The van der Waals surface area contributed by atoms with E-state index < -0.39 is 57.9 Å². The van der Waals surface area contributed by atoms with Crippen LogP contribution in [0.15, 0.2) is 54.9 Å². The lowest BCUT2D eigenvalue weighted by atomic mass is 9.92. The Morgan fingerprint density at radius 1 is 1.17 bits per heavy atom. The monoisotopic (exact) mass is 668 g/mol. The van der Waals surface area contributed by atoms with Crippen LogP contribution in [0.25, 0.3) is 11.1 Å². The zero-order chi connectivity index (χ0) is 33.5. The standard InChI is InChI=1S/C31H33FN6O8S/c1-3-45-30(42)34-47(43,44)37-11-10-25(17-37)38(15-20-4-7-24(32)8-5-20)28(40)18-36-19-46-31(29(36)41)26-9-6-21(12-22(26)13-27(31)39)23-14-33-35(2)16-23/h4-9,12,14,16,25H,3,10-11,13,15,17-19H2,1-2H3,(H,34,42)/t25-,31-/m1/s1. The third-order valence-electron chi connectivity index (χ3n) is 8.60. The van der Waals surface area contributed by atoms with Crippen molar-refractivity contribution in [2.24, 2.45) is 7.05 Å². The Morgan fingerprint density at radius 2 is 1.94 bits per heavy atom. The van der Waals surface area contributed by atoms with E-state index in [0.717, 1.165) is 15.4 Å². The molecule has 1 aliphatic carbocycles. The summed E-state index contributed by atoms with van der Waals surface area (Å²) in [5.41, 5.74) is 1.49. The van der Waals surface area contributed by atoms with Crippen LogP contribution in [-0.2, 0) is 59.7 Å². The summed E-state index contributed by atoms with van der Waals surface area (Å²) in [5, 5.41) is 4.19. The van der Waals surface area contributed by atoms with Crippen LogP contribution in [0.1, 0.15) is 30.0 Å². The van der Waals surface area contributed by atoms with E-state index >= 15 is 0 Å². The first-order valence-corrected chi connectivity index (χ1v) is 16.4. The number of carbonyl (C=O) groups excluding carboxylic acids is 4. The molecule has 2 atom stereocenters. The van der Waals surface area contributed by atoms with Crippen molar-refractivity contribution in [3.05, 3.63) is 77.4 Å². The Bertz CT molecular complexity index is 1850. The van der Waals surface area contributed by atoms with E-state index in [1.165, 1.54) is 41.0 Å². The second-order valence-corrected chi connectivity index (χ2v) is 13.3. The molecule has 0 bridgehead atoms. The molecule has 1 N–H and O–H groups in total. The van der Waals surface area contributed by atoms with Crippen LogP contribution in [0.4, 0.5) is 9.18 Å². The second-order valence-electron chi connectivity index (χ2n) is 11.6. The minimum Gasteiger partial charge on any atom is -0.449 e. The summed E-state index contributed by atoms with van der Waals surface area (Å²) in [7, 11) is -2.46. The van der Waals surface area contributed by atoms with Gasteiger partial charge in [-0.25, -0.2) is 13.9 Å². The van der Waals surface area contributed by atoms with Crippen molar-refractivity contribution in [3.8, 4) is 11.1 Å². The van der Waals surface area contributed by atoms with Crippen LogP contribution in [0.2, 0.25) is 0 Å². The maximum absolute atomic E-state index is 13.9. The smallest absolute Gasteiger partial charge is 0.421 e. The Balaban J connectivity index is 1.21. The van der Waals surface area contributed by atoms with Crippen molar-refractivity contribution in [3.63, 3.8) is 0 Å². The van der Waals surface area contributed by atoms with E-state index in [0.29, 0.717) is 16.7 Å². The predicted molar refractivity (Wildman–Crippen MR) is 163 cm³/mol. The average molecular weight is 669 g/mol. The van der Waals surface area contributed by atoms with Gasteiger partial charge in [0.25, 0.3) is 5.91 Å². The summed E-state index contributed by atoms with van der Waals surface area (Å²) in [5.74, 6) is -2.07. The number of nitrogens with zero attached hydrogens (tertiary/aromatic N) is 5. The van der Waals surface area contributed by atoms with Crippen molar-refractivity contribution >= 4 is 33.9 Å². The summed E-state index contributed by atoms with van der Waals surface area (Å²) in [6.07, 6.45) is 2.64. The van der Waals surface area contributed by atoms with Gasteiger partial charge in [0, 0.05) is 56.5 Å². The third-order valence-corrected chi connectivity index (χ3v) is 10.0. The molecular formula is C31H33FN6O8S. The largest absolute Gasteiger partial charge is 0.449 e. The van der Waals surface area contributed by atoms with E-state index in [1.54, 1.807) is 30.1 Å². The summed E-state index contributed by atoms with van der Waals surface area (Å²) in [6, 6.07) is 10.2. The van der Waals surface area contributed by atoms with Gasteiger partial charge in [0.15, 0.2) is 5.78 Å². The lowest BCUT2D eigenvalue weighted by Gasteiger charge is -2.31. The number of halogens is 1. The van der Waals surface area contributed by atoms with Gasteiger partial charge in [0.1, 0.15) is 19.1 Å². The second kappa shape index (κ2) is 12.5. The van der Waals surface area contributed by atoms with E-state index in [1.807, 2.05) is 17.0 Å². The Labute approximate surface area is 270 Å². The molecule has 2 saturated heterocycles. The summed E-state index contributed by atoms with van der Waals surface area (Å²) in [6.45, 7) is 0.635. The summed E-state index contributed by atoms with van der Waals surface area (Å²) < 4.78 is 54.4. The molecule has 248 valence electrons. The van der Waals surface area contributed by atoms with Gasteiger partial charge < -0.3 is 19.3 Å². The molecule has 0 radical (unpaired) electrons. The summed E-state index contributed by atoms with van der Waals surface area (Å²) in [4.78, 5) is 55.6. The minimum atomic E-state index is -4.26. The van der Waals surface area contributed by atoms with Crippen LogP contribution in [0.5, 0.6) is 0 Å². The Kier molecular flexibility index (Phi) is 8.59. The third kappa shape index (κ3) is 6.11. The number of fused-ring (bicyclic) bond motifs is 2. The molecule has 1 aromatic heterocycles. The maximum Gasteiger partial charge on any atom is 0.421 e. The van der Waals surface area contributed by atoms with E-state index in [4.69, 9.17) is 9.47 Å². The number of Topliss-reactive ketones (excluding diaryl/α,β-unsaturated/α-hetero) is 1. The van der Waals surface area contributed by atoms with Gasteiger partial charge in [-0.3, -0.25) is 19.1 Å². The number of hydrogen-bond donors (Lipinski definition) is 1. The number of ether oxygens (including phenoxy) is 2. The lowest BCUT2D eigenvalue weighted by molar-refractivity contribution is -0.149. The molecule has 3 aliphatic rings. The number of aryl methyl sites for hydroxylation is 1. The fraction of sp³-hybridized carbons (Fsp3) is 0.387. The molecule has 3 heterocycles. The zero-order valence-electron chi connectivity index (χ0n) is 25.7. The molecule has 3 amide bonds. The predicted octanol–water partition coefficient (Wildman–Crippen LogP) is 1.46. The normalized spacial score (nSPS) is 21.0. The van der Waals surface area contributed by atoms with Gasteiger partial charge in [-0.2, -0.15) is 17.8 Å². The van der Waals surface area contributed by atoms with Gasteiger partial charge in [0.05, 0.1) is 12.8 Å². The molecular weight excluding hydrogens is 635 g/mol. The molecule has 47 heavy (non-hydrogen) atoms. The highest BCUT2D eigenvalue weighted by Crippen LogP contribution is 2.43.